The molecule has 1 heterocycles. The van der Waals surface area contributed by atoms with E-state index in [9.17, 15) is 0 Å². The maximum atomic E-state index is 6.20. The summed E-state index contributed by atoms with van der Waals surface area (Å²) in [4.78, 5) is 0. The number of benzene rings is 1. The molecule has 2 heteroatoms. The van der Waals surface area contributed by atoms with Crippen molar-refractivity contribution in [3.05, 3.63) is 34.9 Å². The normalized spacial score (nSPS) is 24.7. The van der Waals surface area contributed by atoms with Crippen molar-refractivity contribution in [1.82, 2.24) is 0 Å². The molecule has 1 saturated heterocycles. The molecule has 2 nitrogen and oxygen atoms in total. The van der Waals surface area contributed by atoms with Crippen molar-refractivity contribution in [3.63, 3.8) is 0 Å². The molecule has 0 radical (unpaired) electrons. The molecule has 146 valence electrons. The van der Waals surface area contributed by atoms with Gasteiger partial charge in [-0.3, -0.25) is 0 Å². The van der Waals surface area contributed by atoms with Crippen molar-refractivity contribution < 1.29 is 9.47 Å². The van der Waals surface area contributed by atoms with E-state index in [-0.39, 0.29) is 6.29 Å². The maximum absolute atomic E-state index is 6.20. The van der Waals surface area contributed by atoms with Gasteiger partial charge in [0.05, 0.1) is 13.2 Å². The zero-order valence-electron chi connectivity index (χ0n) is 17.0. The van der Waals surface area contributed by atoms with E-state index in [1.54, 1.807) is 0 Å². The van der Waals surface area contributed by atoms with E-state index in [2.05, 4.69) is 32.0 Å². The summed E-state index contributed by atoms with van der Waals surface area (Å²) in [6.45, 7) is 6.23. The molecule has 1 aliphatic carbocycles. The minimum atomic E-state index is -0.148. The van der Waals surface area contributed by atoms with Gasteiger partial charge in [-0.2, -0.15) is 0 Å². The number of rotatable bonds is 8. The van der Waals surface area contributed by atoms with Gasteiger partial charge < -0.3 is 9.47 Å². The van der Waals surface area contributed by atoms with Crippen molar-refractivity contribution in [1.29, 1.82) is 0 Å². The minimum Gasteiger partial charge on any atom is -0.348 e. The quantitative estimate of drug-likeness (QED) is 0.501. The molecule has 0 aromatic heterocycles. The highest BCUT2D eigenvalue weighted by atomic mass is 16.7. The summed E-state index contributed by atoms with van der Waals surface area (Å²) in [5.74, 6) is 1.28. The van der Waals surface area contributed by atoms with Crippen molar-refractivity contribution in [2.24, 2.45) is 5.92 Å². The third-order valence-corrected chi connectivity index (χ3v) is 6.20. The zero-order valence-corrected chi connectivity index (χ0v) is 17.0. The fourth-order valence-corrected chi connectivity index (χ4v) is 4.52. The number of hydrogen-bond donors (Lipinski definition) is 0. The molecule has 1 saturated carbocycles. The van der Waals surface area contributed by atoms with Crippen LogP contribution in [-0.2, 0) is 15.9 Å². The first kappa shape index (κ1) is 19.9. The van der Waals surface area contributed by atoms with E-state index in [1.807, 2.05) is 0 Å². The third-order valence-electron chi connectivity index (χ3n) is 6.20. The van der Waals surface area contributed by atoms with Crippen molar-refractivity contribution in [2.45, 2.75) is 96.7 Å². The van der Waals surface area contributed by atoms with Crippen molar-refractivity contribution in [3.8, 4) is 0 Å². The van der Waals surface area contributed by atoms with Crippen LogP contribution in [-0.4, -0.2) is 13.2 Å². The highest BCUT2D eigenvalue weighted by molar-refractivity contribution is 5.36. The van der Waals surface area contributed by atoms with Crippen LogP contribution in [0.15, 0.2) is 18.2 Å². The number of aryl methyl sites for hydroxylation is 1. The Kier molecular flexibility index (Phi) is 8.01. The topological polar surface area (TPSA) is 18.5 Å². The first-order chi connectivity index (χ1) is 12.8. The summed E-state index contributed by atoms with van der Waals surface area (Å²) >= 11 is 0. The molecule has 3 rings (SSSR count). The van der Waals surface area contributed by atoms with Crippen LogP contribution in [0.2, 0.25) is 0 Å². The zero-order chi connectivity index (χ0) is 18.2. The number of unbranched alkanes of at least 4 members (excludes halogenated alkanes) is 2. The monoisotopic (exact) mass is 358 g/mol. The molecule has 0 amide bonds. The Morgan fingerprint density at radius 3 is 2.31 bits per heavy atom. The van der Waals surface area contributed by atoms with Gasteiger partial charge in [0, 0.05) is 11.5 Å². The number of hydrogen-bond acceptors (Lipinski definition) is 2. The largest absolute Gasteiger partial charge is 0.348 e. The van der Waals surface area contributed by atoms with E-state index in [0.29, 0.717) is 11.8 Å². The molecule has 0 bridgehead atoms. The highest BCUT2D eigenvalue weighted by Gasteiger charge is 2.28. The predicted molar refractivity (Wildman–Crippen MR) is 109 cm³/mol. The standard InChI is InChI=1S/C24H38O2/c1-3-5-10-19-14-15-22(23(16-19)21-12-8-7-9-13-21)24-25-17-20(18-26-24)11-6-4-2/h14-16,20-21,24H,3-13,17-18H2,1-2H3. The van der Waals surface area contributed by atoms with Crippen LogP contribution in [0, 0.1) is 5.92 Å². The van der Waals surface area contributed by atoms with Gasteiger partial charge in [0.1, 0.15) is 0 Å². The van der Waals surface area contributed by atoms with Crippen molar-refractivity contribution >= 4 is 0 Å². The van der Waals surface area contributed by atoms with E-state index in [1.165, 1.54) is 87.3 Å². The molecule has 1 aromatic carbocycles. The van der Waals surface area contributed by atoms with Gasteiger partial charge in [-0.15, -0.1) is 0 Å². The predicted octanol–water partition coefficient (Wildman–Crippen LogP) is 6.93. The lowest BCUT2D eigenvalue weighted by molar-refractivity contribution is -0.206. The third kappa shape index (κ3) is 5.33. The lowest BCUT2D eigenvalue weighted by Gasteiger charge is -2.33. The van der Waals surface area contributed by atoms with Crippen LogP contribution in [0.25, 0.3) is 0 Å². The average Bonchev–Trinajstić information content (AvgIpc) is 2.71. The van der Waals surface area contributed by atoms with Crippen LogP contribution >= 0.6 is 0 Å². The second-order valence-corrected chi connectivity index (χ2v) is 8.41. The molecular weight excluding hydrogens is 320 g/mol. The van der Waals surface area contributed by atoms with Crippen molar-refractivity contribution in [2.75, 3.05) is 13.2 Å². The Morgan fingerprint density at radius 1 is 0.885 bits per heavy atom. The first-order valence-corrected chi connectivity index (χ1v) is 11.2. The van der Waals surface area contributed by atoms with E-state index in [4.69, 9.17) is 9.47 Å². The Hall–Kier alpha value is -0.860. The van der Waals surface area contributed by atoms with Crippen LogP contribution < -0.4 is 0 Å². The van der Waals surface area contributed by atoms with E-state index < -0.39 is 0 Å². The summed E-state index contributed by atoms with van der Waals surface area (Å²) in [6, 6.07) is 7.11. The summed E-state index contributed by atoms with van der Waals surface area (Å²) in [7, 11) is 0. The number of ether oxygens (including phenoxy) is 2. The smallest absolute Gasteiger partial charge is 0.184 e. The molecule has 2 aliphatic rings. The van der Waals surface area contributed by atoms with Crippen LogP contribution in [0.5, 0.6) is 0 Å². The molecule has 2 fully saturated rings. The van der Waals surface area contributed by atoms with Gasteiger partial charge in [0.25, 0.3) is 0 Å². The Bertz CT molecular complexity index is 525. The minimum absolute atomic E-state index is 0.148. The van der Waals surface area contributed by atoms with Gasteiger partial charge in [-0.05, 0) is 49.1 Å². The molecule has 26 heavy (non-hydrogen) atoms. The van der Waals surface area contributed by atoms with Gasteiger partial charge >= 0.3 is 0 Å². The molecule has 0 unspecified atom stereocenters. The summed E-state index contributed by atoms with van der Waals surface area (Å²) in [6.07, 6.45) is 14.1. The van der Waals surface area contributed by atoms with Gasteiger partial charge in [-0.1, -0.05) is 70.6 Å². The molecule has 0 spiro atoms. The average molecular weight is 359 g/mol. The van der Waals surface area contributed by atoms with Gasteiger partial charge in [0.2, 0.25) is 0 Å². The summed E-state index contributed by atoms with van der Waals surface area (Å²) in [5, 5.41) is 0. The lowest BCUT2D eigenvalue weighted by Crippen LogP contribution is -2.28. The summed E-state index contributed by atoms with van der Waals surface area (Å²) < 4.78 is 12.4. The molecule has 0 atom stereocenters. The van der Waals surface area contributed by atoms with Gasteiger partial charge in [0.15, 0.2) is 6.29 Å². The SMILES string of the molecule is CCCCc1ccc(C2OCC(CCCC)CO2)c(C2CCCCC2)c1. The molecule has 0 N–H and O–H groups in total. The van der Waals surface area contributed by atoms with E-state index in [0.717, 1.165) is 13.2 Å². The second-order valence-electron chi connectivity index (χ2n) is 8.41. The van der Waals surface area contributed by atoms with Gasteiger partial charge in [-0.25, -0.2) is 0 Å². The fourth-order valence-electron chi connectivity index (χ4n) is 4.52. The van der Waals surface area contributed by atoms with Crippen LogP contribution in [0.4, 0.5) is 0 Å². The molecular formula is C24H38O2. The second kappa shape index (κ2) is 10.5. The Balaban J connectivity index is 1.72. The Labute approximate surface area is 160 Å². The summed E-state index contributed by atoms with van der Waals surface area (Å²) in [5.41, 5.74) is 4.33. The van der Waals surface area contributed by atoms with E-state index >= 15 is 0 Å². The first-order valence-electron chi connectivity index (χ1n) is 11.2. The van der Waals surface area contributed by atoms with Crippen LogP contribution in [0.1, 0.15) is 107 Å². The maximum Gasteiger partial charge on any atom is 0.184 e. The highest BCUT2D eigenvalue weighted by Crippen LogP contribution is 2.39. The Morgan fingerprint density at radius 2 is 1.62 bits per heavy atom. The molecule has 1 aromatic rings. The van der Waals surface area contributed by atoms with Crippen LogP contribution in [0.3, 0.4) is 0 Å². The lowest BCUT2D eigenvalue weighted by atomic mass is 9.81. The fraction of sp³-hybridized carbons (Fsp3) is 0.750. The molecule has 1 aliphatic heterocycles.